The Bertz CT molecular complexity index is 661. The molecule has 2 aromatic carbocycles. The Morgan fingerprint density at radius 3 is 2.62 bits per heavy atom. The number of benzene rings is 2. The van der Waals surface area contributed by atoms with E-state index in [1.165, 1.54) is 0 Å². The third-order valence-electron chi connectivity index (χ3n) is 3.55. The van der Waals surface area contributed by atoms with E-state index < -0.39 is 0 Å². The van der Waals surface area contributed by atoms with Crippen molar-refractivity contribution < 1.29 is 14.6 Å². The van der Waals surface area contributed by atoms with Crippen molar-refractivity contribution in [3.8, 4) is 11.5 Å². The quantitative estimate of drug-likeness (QED) is 0.393. The number of para-hydroxylation sites is 3. The lowest BCUT2D eigenvalue weighted by Gasteiger charge is -2.08. The van der Waals surface area contributed by atoms with Crippen LogP contribution in [0, 0.1) is 0 Å². The minimum absolute atomic E-state index is 0.0612. The van der Waals surface area contributed by atoms with E-state index in [4.69, 9.17) is 4.74 Å². The number of anilines is 1. The standard InChI is InChI=1S/C19H23NO3S/c1-23-17-11-6-7-12-18(17)24-14-8-2-3-13-19(22)20-15-9-4-5-10-16(15)21/h4-7,9-12,21H,2-3,8,13-14H2,1H3,(H,20,22). The van der Waals surface area contributed by atoms with Crippen LogP contribution in [0.3, 0.4) is 0 Å². The highest BCUT2D eigenvalue weighted by atomic mass is 32.2. The van der Waals surface area contributed by atoms with Crippen LogP contribution in [0.25, 0.3) is 0 Å². The summed E-state index contributed by atoms with van der Waals surface area (Å²) in [6.45, 7) is 0. The van der Waals surface area contributed by atoms with Crippen LogP contribution >= 0.6 is 11.8 Å². The number of unbranched alkanes of at least 4 members (excludes halogenated alkanes) is 2. The number of ether oxygens (including phenoxy) is 1. The molecule has 0 saturated carbocycles. The highest BCUT2D eigenvalue weighted by molar-refractivity contribution is 7.99. The number of methoxy groups -OCH3 is 1. The summed E-state index contributed by atoms with van der Waals surface area (Å²) in [6, 6.07) is 14.8. The number of hydrogen-bond donors (Lipinski definition) is 2. The maximum Gasteiger partial charge on any atom is 0.224 e. The van der Waals surface area contributed by atoms with Gasteiger partial charge in [0, 0.05) is 11.3 Å². The second kappa shape index (κ2) is 9.88. The Hall–Kier alpha value is -2.14. The Balaban J connectivity index is 1.61. The van der Waals surface area contributed by atoms with E-state index in [1.54, 1.807) is 43.1 Å². The summed E-state index contributed by atoms with van der Waals surface area (Å²) in [4.78, 5) is 13.0. The van der Waals surface area contributed by atoms with E-state index in [2.05, 4.69) is 11.4 Å². The molecule has 0 aromatic heterocycles. The predicted octanol–water partition coefficient (Wildman–Crippen LogP) is 4.69. The molecule has 2 aromatic rings. The fourth-order valence-electron chi connectivity index (χ4n) is 2.28. The largest absolute Gasteiger partial charge is 0.506 e. The van der Waals surface area contributed by atoms with Crippen LogP contribution in [0.15, 0.2) is 53.4 Å². The molecule has 2 N–H and O–H groups in total. The maximum absolute atomic E-state index is 11.9. The van der Waals surface area contributed by atoms with Gasteiger partial charge in [-0.15, -0.1) is 11.8 Å². The molecule has 4 nitrogen and oxygen atoms in total. The average molecular weight is 345 g/mol. The lowest BCUT2D eigenvalue weighted by Crippen LogP contribution is -2.11. The SMILES string of the molecule is COc1ccccc1SCCCCCC(=O)Nc1ccccc1O. The van der Waals surface area contributed by atoms with Crippen LogP contribution in [-0.2, 0) is 4.79 Å². The number of phenols is 1. The normalized spacial score (nSPS) is 10.4. The van der Waals surface area contributed by atoms with Gasteiger partial charge in [-0.2, -0.15) is 0 Å². The predicted molar refractivity (Wildman–Crippen MR) is 98.9 cm³/mol. The molecule has 0 aliphatic rings. The van der Waals surface area contributed by atoms with Gasteiger partial charge in [0.2, 0.25) is 5.91 Å². The first-order valence-corrected chi connectivity index (χ1v) is 9.03. The van der Waals surface area contributed by atoms with Crippen molar-refractivity contribution in [2.24, 2.45) is 0 Å². The number of amides is 1. The number of carbonyl (C=O) groups excluding carboxylic acids is 1. The first kappa shape index (κ1) is 18.2. The number of rotatable bonds is 9. The van der Waals surface area contributed by atoms with Gasteiger partial charge in [-0.25, -0.2) is 0 Å². The smallest absolute Gasteiger partial charge is 0.224 e. The summed E-state index contributed by atoms with van der Waals surface area (Å²) in [5.74, 6) is 1.94. The van der Waals surface area contributed by atoms with Gasteiger partial charge in [-0.3, -0.25) is 4.79 Å². The van der Waals surface area contributed by atoms with Crippen LogP contribution in [0.2, 0.25) is 0 Å². The number of carbonyl (C=O) groups is 1. The fraction of sp³-hybridized carbons (Fsp3) is 0.316. The Labute approximate surface area is 147 Å². The number of hydrogen-bond acceptors (Lipinski definition) is 4. The molecule has 0 heterocycles. The van der Waals surface area contributed by atoms with Crippen LogP contribution in [0.4, 0.5) is 5.69 Å². The van der Waals surface area contributed by atoms with Crippen molar-refractivity contribution >= 4 is 23.4 Å². The number of nitrogens with one attached hydrogen (secondary N) is 1. The molecular formula is C19H23NO3S. The van der Waals surface area contributed by atoms with Crippen LogP contribution in [-0.4, -0.2) is 23.9 Å². The molecule has 0 radical (unpaired) electrons. The highest BCUT2D eigenvalue weighted by Gasteiger charge is 2.06. The Kier molecular flexibility index (Phi) is 7.49. The lowest BCUT2D eigenvalue weighted by atomic mass is 10.2. The summed E-state index contributed by atoms with van der Waals surface area (Å²) in [6.07, 6.45) is 3.35. The molecule has 2 rings (SSSR count). The maximum atomic E-state index is 11.9. The van der Waals surface area contributed by atoms with Gasteiger partial charge in [-0.1, -0.05) is 30.7 Å². The van der Waals surface area contributed by atoms with Crippen molar-refractivity contribution in [3.05, 3.63) is 48.5 Å². The van der Waals surface area contributed by atoms with Gasteiger partial charge in [0.25, 0.3) is 0 Å². The lowest BCUT2D eigenvalue weighted by molar-refractivity contribution is -0.116. The van der Waals surface area contributed by atoms with Crippen LogP contribution < -0.4 is 10.1 Å². The van der Waals surface area contributed by atoms with E-state index in [0.717, 1.165) is 35.7 Å². The third kappa shape index (κ3) is 5.81. The summed E-state index contributed by atoms with van der Waals surface area (Å²) < 4.78 is 5.33. The van der Waals surface area contributed by atoms with Crippen molar-refractivity contribution in [1.82, 2.24) is 0 Å². The molecule has 0 bridgehead atoms. The van der Waals surface area contributed by atoms with E-state index >= 15 is 0 Å². The molecule has 0 atom stereocenters. The van der Waals surface area contributed by atoms with Gasteiger partial charge < -0.3 is 15.2 Å². The van der Waals surface area contributed by atoms with E-state index in [9.17, 15) is 9.90 Å². The summed E-state index contributed by atoms with van der Waals surface area (Å²) in [7, 11) is 1.68. The molecule has 0 unspecified atom stereocenters. The molecule has 0 aliphatic carbocycles. The molecule has 24 heavy (non-hydrogen) atoms. The average Bonchev–Trinajstić information content (AvgIpc) is 2.60. The Morgan fingerprint density at radius 1 is 1.08 bits per heavy atom. The number of aromatic hydroxyl groups is 1. The molecule has 0 spiro atoms. The van der Waals surface area contributed by atoms with Crippen molar-refractivity contribution in [2.45, 2.75) is 30.6 Å². The van der Waals surface area contributed by atoms with Crippen molar-refractivity contribution in [2.75, 3.05) is 18.2 Å². The second-order valence-electron chi connectivity index (χ2n) is 5.38. The number of phenolic OH excluding ortho intramolecular Hbond substituents is 1. The first-order chi connectivity index (χ1) is 11.7. The van der Waals surface area contributed by atoms with Crippen LogP contribution in [0.5, 0.6) is 11.5 Å². The first-order valence-electron chi connectivity index (χ1n) is 8.04. The minimum Gasteiger partial charge on any atom is -0.506 e. The molecule has 1 amide bonds. The van der Waals surface area contributed by atoms with Gasteiger partial charge in [0.15, 0.2) is 0 Å². The zero-order valence-electron chi connectivity index (χ0n) is 13.8. The summed E-state index contributed by atoms with van der Waals surface area (Å²) in [5.41, 5.74) is 0.467. The van der Waals surface area contributed by atoms with Gasteiger partial charge in [-0.05, 0) is 42.9 Å². The molecule has 128 valence electrons. The monoisotopic (exact) mass is 345 g/mol. The topological polar surface area (TPSA) is 58.6 Å². The van der Waals surface area contributed by atoms with Crippen molar-refractivity contribution in [3.63, 3.8) is 0 Å². The zero-order chi connectivity index (χ0) is 17.2. The zero-order valence-corrected chi connectivity index (χ0v) is 14.6. The van der Waals surface area contributed by atoms with Gasteiger partial charge in [0.1, 0.15) is 11.5 Å². The minimum atomic E-state index is -0.0612. The number of thioether (sulfide) groups is 1. The van der Waals surface area contributed by atoms with E-state index in [-0.39, 0.29) is 11.7 Å². The Morgan fingerprint density at radius 2 is 1.83 bits per heavy atom. The van der Waals surface area contributed by atoms with Crippen LogP contribution in [0.1, 0.15) is 25.7 Å². The van der Waals surface area contributed by atoms with Crippen molar-refractivity contribution in [1.29, 1.82) is 0 Å². The molecular weight excluding hydrogens is 322 g/mol. The fourth-order valence-corrected chi connectivity index (χ4v) is 3.31. The second-order valence-corrected chi connectivity index (χ2v) is 6.51. The van der Waals surface area contributed by atoms with E-state index in [0.29, 0.717) is 12.1 Å². The molecule has 0 aliphatic heterocycles. The summed E-state index contributed by atoms with van der Waals surface area (Å²) >= 11 is 1.78. The molecule has 0 saturated heterocycles. The highest BCUT2D eigenvalue weighted by Crippen LogP contribution is 2.29. The summed E-state index contributed by atoms with van der Waals surface area (Å²) in [5, 5.41) is 12.4. The van der Waals surface area contributed by atoms with Gasteiger partial charge in [0.05, 0.1) is 12.8 Å². The molecule has 5 heteroatoms. The van der Waals surface area contributed by atoms with Gasteiger partial charge >= 0.3 is 0 Å². The third-order valence-corrected chi connectivity index (χ3v) is 4.69. The van der Waals surface area contributed by atoms with E-state index in [1.807, 2.05) is 18.2 Å². The molecule has 0 fully saturated rings.